The topological polar surface area (TPSA) is 130 Å². The maximum absolute atomic E-state index is 11.7. The number of rotatable bonds is 11. The van der Waals surface area contributed by atoms with Crippen LogP contribution in [0.15, 0.2) is 54.3 Å². The molecule has 1 aromatic rings. The summed E-state index contributed by atoms with van der Waals surface area (Å²) in [5.41, 5.74) is 7.62. The molecular weight excluding hydrogens is 446 g/mol. The van der Waals surface area contributed by atoms with E-state index < -0.39 is 0 Å². The minimum atomic E-state index is 0.00332. The number of nitrogens with one attached hydrogen (secondary N) is 2. The van der Waals surface area contributed by atoms with E-state index in [0.717, 1.165) is 51.1 Å². The van der Waals surface area contributed by atoms with E-state index in [1.165, 1.54) is 12.4 Å². The van der Waals surface area contributed by atoms with Gasteiger partial charge in [-0.25, -0.2) is 9.97 Å². The van der Waals surface area contributed by atoms with E-state index in [-0.39, 0.29) is 17.4 Å². The molecule has 0 spiro atoms. The van der Waals surface area contributed by atoms with Crippen molar-refractivity contribution in [3.05, 3.63) is 59.9 Å². The van der Waals surface area contributed by atoms with Crippen LogP contribution in [0.3, 0.4) is 0 Å². The van der Waals surface area contributed by atoms with Crippen molar-refractivity contribution in [2.24, 2.45) is 0 Å². The summed E-state index contributed by atoms with van der Waals surface area (Å²) >= 11 is 0. The van der Waals surface area contributed by atoms with Crippen LogP contribution in [0.4, 0.5) is 11.6 Å². The van der Waals surface area contributed by atoms with E-state index in [1.54, 1.807) is 20.3 Å². The molecule has 188 valence electrons. The van der Waals surface area contributed by atoms with Gasteiger partial charge in [0.2, 0.25) is 5.91 Å². The van der Waals surface area contributed by atoms with E-state index in [0.29, 0.717) is 35.9 Å². The first-order valence-corrected chi connectivity index (χ1v) is 11.7. The molecule has 10 nitrogen and oxygen atoms in total. The van der Waals surface area contributed by atoms with Gasteiger partial charge in [0.1, 0.15) is 29.5 Å². The number of allylic oxidation sites excluding steroid dienone is 4. The third-order valence-corrected chi connectivity index (χ3v) is 6.10. The Morgan fingerprint density at radius 1 is 1.17 bits per heavy atom. The molecule has 4 N–H and O–H groups in total. The third-order valence-electron chi connectivity index (χ3n) is 6.10. The zero-order valence-electron chi connectivity index (χ0n) is 20.5. The maximum atomic E-state index is 11.7. The molecule has 1 saturated heterocycles. The van der Waals surface area contributed by atoms with Crippen LogP contribution in [-0.2, 0) is 14.3 Å². The number of anilines is 2. The Labute approximate surface area is 206 Å². The van der Waals surface area contributed by atoms with Gasteiger partial charge >= 0.3 is 0 Å². The number of nitrogen functional groups attached to an aromatic ring is 1. The zero-order valence-corrected chi connectivity index (χ0v) is 20.5. The number of carbonyl (C=O) groups is 1. The number of hydrogen-bond acceptors (Lipinski definition) is 9. The van der Waals surface area contributed by atoms with Crippen LogP contribution in [0.5, 0.6) is 0 Å². The first-order valence-electron chi connectivity index (χ1n) is 11.7. The summed E-state index contributed by atoms with van der Waals surface area (Å²) in [6.07, 6.45) is 10.7. The molecule has 1 aliphatic heterocycles. The summed E-state index contributed by atoms with van der Waals surface area (Å²) in [5, 5.41) is 12.2. The Kier molecular flexibility index (Phi) is 9.42. The molecule has 10 heteroatoms. The molecule has 0 saturated carbocycles. The normalized spacial score (nSPS) is 16.4. The predicted octanol–water partition coefficient (Wildman–Crippen LogP) is 2.34. The fourth-order valence-electron chi connectivity index (χ4n) is 4.04. The highest BCUT2D eigenvalue weighted by atomic mass is 16.5. The van der Waals surface area contributed by atoms with Crippen molar-refractivity contribution >= 4 is 23.3 Å². The lowest BCUT2D eigenvalue weighted by atomic mass is 10.00. The SMILES string of the molecule is C=CC(=O)N1CCN(CCCCNc2ncnc(N)c2C(=N)C2=CC(OC)=CC(OC)=CC2)CC1. The van der Waals surface area contributed by atoms with Crippen molar-refractivity contribution in [3.63, 3.8) is 0 Å². The number of hydrogen-bond donors (Lipinski definition) is 3. The molecule has 1 amide bonds. The molecule has 2 heterocycles. The van der Waals surface area contributed by atoms with Gasteiger partial charge in [0.05, 0.1) is 25.5 Å². The molecule has 2 aliphatic rings. The van der Waals surface area contributed by atoms with Gasteiger partial charge in [-0.15, -0.1) is 0 Å². The third kappa shape index (κ3) is 6.92. The van der Waals surface area contributed by atoms with Crippen molar-refractivity contribution in [2.75, 3.05) is 64.5 Å². The molecule has 0 atom stereocenters. The van der Waals surface area contributed by atoms with Crippen LogP contribution in [0.25, 0.3) is 0 Å². The van der Waals surface area contributed by atoms with Crippen molar-refractivity contribution < 1.29 is 14.3 Å². The van der Waals surface area contributed by atoms with Gasteiger partial charge in [-0.1, -0.05) is 6.58 Å². The van der Waals surface area contributed by atoms with Crippen LogP contribution in [0, 0.1) is 5.41 Å². The summed E-state index contributed by atoms with van der Waals surface area (Å²) in [6.45, 7) is 8.46. The highest BCUT2D eigenvalue weighted by Gasteiger charge is 2.20. The average molecular weight is 482 g/mol. The van der Waals surface area contributed by atoms with Gasteiger partial charge in [0.25, 0.3) is 0 Å². The lowest BCUT2D eigenvalue weighted by Gasteiger charge is -2.34. The zero-order chi connectivity index (χ0) is 25.2. The highest BCUT2D eigenvalue weighted by Crippen LogP contribution is 2.26. The summed E-state index contributed by atoms with van der Waals surface area (Å²) < 4.78 is 10.7. The Bertz CT molecular complexity index is 1020. The lowest BCUT2D eigenvalue weighted by molar-refractivity contribution is -0.127. The van der Waals surface area contributed by atoms with Gasteiger partial charge in [-0.2, -0.15) is 0 Å². The average Bonchev–Trinajstić information content (AvgIpc) is 3.10. The van der Waals surface area contributed by atoms with E-state index in [1.807, 2.05) is 17.1 Å². The van der Waals surface area contributed by atoms with Crippen molar-refractivity contribution in [2.45, 2.75) is 19.3 Å². The van der Waals surface area contributed by atoms with Crippen LogP contribution < -0.4 is 11.1 Å². The number of ether oxygens (including phenoxy) is 2. The number of aromatic nitrogens is 2. The van der Waals surface area contributed by atoms with Gasteiger partial charge in [0, 0.05) is 38.8 Å². The molecule has 3 rings (SSSR count). The van der Waals surface area contributed by atoms with Crippen LogP contribution in [-0.4, -0.2) is 84.9 Å². The number of carbonyl (C=O) groups excluding carboxylic acids is 1. The van der Waals surface area contributed by atoms with Gasteiger partial charge in [-0.05, 0) is 49.6 Å². The molecule has 0 unspecified atom stereocenters. The summed E-state index contributed by atoms with van der Waals surface area (Å²) in [6, 6.07) is 0. The first-order chi connectivity index (χ1) is 17.0. The fourth-order valence-corrected chi connectivity index (χ4v) is 4.04. The molecular formula is C25H35N7O3. The molecule has 0 aromatic carbocycles. The predicted molar refractivity (Wildman–Crippen MR) is 137 cm³/mol. The number of methoxy groups -OCH3 is 2. The molecule has 35 heavy (non-hydrogen) atoms. The Morgan fingerprint density at radius 2 is 1.91 bits per heavy atom. The van der Waals surface area contributed by atoms with E-state index in [4.69, 9.17) is 20.6 Å². The monoisotopic (exact) mass is 481 g/mol. The number of unbranched alkanes of at least 4 members (excludes halogenated alkanes) is 1. The first kappa shape index (κ1) is 26.0. The molecule has 0 bridgehead atoms. The molecule has 0 radical (unpaired) electrons. The van der Waals surface area contributed by atoms with Gasteiger partial charge in [0.15, 0.2) is 0 Å². The summed E-state index contributed by atoms with van der Waals surface area (Å²) in [7, 11) is 3.18. The second kappa shape index (κ2) is 12.7. The number of nitrogens with zero attached hydrogens (tertiary/aromatic N) is 4. The Hall–Kier alpha value is -3.66. The highest BCUT2D eigenvalue weighted by molar-refractivity contribution is 6.16. The van der Waals surface area contributed by atoms with E-state index in [2.05, 4.69) is 26.8 Å². The molecule has 1 aromatic heterocycles. The number of amides is 1. The Morgan fingerprint density at radius 3 is 2.60 bits per heavy atom. The van der Waals surface area contributed by atoms with Crippen molar-refractivity contribution in [3.8, 4) is 0 Å². The van der Waals surface area contributed by atoms with Crippen LogP contribution in [0.2, 0.25) is 0 Å². The lowest BCUT2D eigenvalue weighted by Crippen LogP contribution is -2.48. The largest absolute Gasteiger partial charge is 0.497 e. The minimum absolute atomic E-state index is 0.00332. The van der Waals surface area contributed by atoms with Crippen LogP contribution >= 0.6 is 0 Å². The molecule has 1 aliphatic carbocycles. The molecule has 1 fully saturated rings. The number of nitrogens with two attached hydrogens (primary N) is 1. The summed E-state index contributed by atoms with van der Waals surface area (Å²) in [5.74, 6) is 2.07. The minimum Gasteiger partial charge on any atom is -0.497 e. The van der Waals surface area contributed by atoms with Gasteiger partial charge < -0.3 is 25.4 Å². The second-order valence-corrected chi connectivity index (χ2v) is 8.30. The maximum Gasteiger partial charge on any atom is 0.246 e. The quantitative estimate of drug-likeness (QED) is 0.249. The van der Waals surface area contributed by atoms with Crippen molar-refractivity contribution in [1.29, 1.82) is 5.41 Å². The summed E-state index contributed by atoms with van der Waals surface area (Å²) in [4.78, 5) is 24.4. The van der Waals surface area contributed by atoms with E-state index in [9.17, 15) is 4.79 Å². The standard InChI is InChI=1S/C25H35N7O3/c1-4-21(33)32-13-11-31(12-14-32)10-6-5-9-28-25-22(24(27)29-17-30-25)23(26)18-7-8-19(34-2)16-20(15-18)35-3/h4,8,15-17,26H,1,5-7,9-14H2,2-3H3,(H3,27,28,29,30). The second-order valence-electron chi connectivity index (χ2n) is 8.30. The van der Waals surface area contributed by atoms with Crippen molar-refractivity contribution in [1.82, 2.24) is 19.8 Å². The van der Waals surface area contributed by atoms with Gasteiger partial charge in [-0.3, -0.25) is 15.1 Å². The smallest absolute Gasteiger partial charge is 0.246 e. The number of piperazine rings is 1. The fraction of sp³-hybridized carbons (Fsp3) is 0.440. The van der Waals surface area contributed by atoms with Crippen LogP contribution in [0.1, 0.15) is 24.8 Å². The van der Waals surface area contributed by atoms with E-state index >= 15 is 0 Å². The Balaban J connectivity index is 1.55.